The monoisotopic (exact) mass is 404 g/mol. The van der Waals surface area contributed by atoms with Crippen molar-refractivity contribution in [2.24, 2.45) is 0 Å². The van der Waals surface area contributed by atoms with E-state index in [1.54, 1.807) is 30.3 Å². The van der Waals surface area contributed by atoms with E-state index in [4.69, 9.17) is 16.3 Å². The van der Waals surface area contributed by atoms with Crippen molar-refractivity contribution in [3.05, 3.63) is 64.7 Å². The van der Waals surface area contributed by atoms with Crippen molar-refractivity contribution in [3.8, 4) is 0 Å². The molecule has 0 N–H and O–H groups in total. The molecular formula is C21H21ClO4S. The zero-order valence-electron chi connectivity index (χ0n) is 15.5. The SMILES string of the molecule is CCC1(CC)OC(c2ccc(S(C)(=O)=O)cc2)=C(c2cccc(Cl)c2)C1=O. The van der Waals surface area contributed by atoms with Crippen LogP contribution in [0.5, 0.6) is 0 Å². The Morgan fingerprint density at radius 3 is 2.15 bits per heavy atom. The first-order valence-electron chi connectivity index (χ1n) is 8.76. The van der Waals surface area contributed by atoms with Crippen LogP contribution in [0, 0.1) is 0 Å². The van der Waals surface area contributed by atoms with Crippen molar-refractivity contribution in [3.63, 3.8) is 0 Å². The Bertz CT molecular complexity index is 1020. The normalized spacial score (nSPS) is 16.5. The van der Waals surface area contributed by atoms with Gasteiger partial charge in [0.1, 0.15) is 5.76 Å². The fourth-order valence-corrected chi connectivity index (χ4v) is 4.12. The first-order chi connectivity index (χ1) is 12.7. The number of halogens is 1. The van der Waals surface area contributed by atoms with E-state index in [0.717, 1.165) is 6.26 Å². The van der Waals surface area contributed by atoms with Crippen LogP contribution in [-0.4, -0.2) is 26.1 Å². The molecule has 1 heterocycles. The van der Waals surface area contributed by atoms with Gasteiger partial charge in [-0.2, -0.15) is 0 Å². The topological polar surface area (TPSA) is 60.4 Å². The molecule has 1 aliphatic heterocycles. The van der Waals surface area contributed by atoms with Gasteiger partial charge in [0, 0.05) is 16.8 Å². The first-order valence-corrected chi connectivity index (χ1v) is 11.0. The summed E-state index contributed by atoms with van der Waals surface area (Å²) in [5.74, 6) is 0.392. The Labute approximate surface area is 164 Å². The maximum Gasteiger partial charge on any atom is 0.210 e. The number of hydrogen-bond donors (Lipinski definition) is 0. The van der Waals surface area contributed by atoms with Gasteiger partial charge in [-0.3, -0.25) is 4.79 Å². The van der Waals surface area contributed by atoms with Crippen molar-refractivity contribution in [2.45, 2.75) is 37.2 Å². The molecule has 0 saturated heterocycles. The molecule has 0 aliphatic carbocycles. The largest absolute Gasteiger partial charge is 0.478 e. The minimum Gasteiger partial charge on any atom is -0.478 e. The van der Waals surface area contributed by atoms with Gasteiger partial charge in [0.15, 0.2) is 15.4 Å². The summed E-state index contributed by atoms with van der Waals surface area (Å²) >= 11 is 6.13. The van der Waals surface area contributed by atoms with Crippen LogP contribution in [0.1, 0.15) is 37.8 Å². The van der Waals surface area contributed by atoms with E-state index in [1.165, 1.54) is 12.1 Å². The third-order valence-electron chi connectivity index (χ3n) is 4.97. The lowest BCUT2D eigenvalue weighted by molar-refractivity contribution is -0.128. The van der Waals surface area contributed by atoms with Gasteiger partial charge in [-0.05, 0) is 54.8 Å². The second kappa shape index (κ2) is 7.13. The summed E-state index contributed by atoms with van der Waals surface area (Å²) in [5.41, 5.74) is 0.920. The first kappa shape index (κ1) is 19.6. The molecule has 0 bridgehead atoms. The minimum absolute atomic E-state index is 0.0723. The van der Waals surface area contributed by atoms with Gasteiger partial charge in [-0.25, -0.2) is 8.42 Å². The summed E-state index contributed by atoms with van der Waals surface area (Å²) in [6, 6.07) is 13.5. The fourth-order valence-electron chi connectivity index (χ4n) is 3.30. The Morgan fingerprint density at radius 1 is 1.00 bits per heavy atom. The van der Waals surface area contributed by atoms with E-state index in [2.05, 4.69) is 0 Å². The molecule has 2 aromatic carbocycles. The third kappa shape index (κ3) is 3.54. The second-order valence-corrected chi connectivity index (χ2v) is 9.10. The number of benzene rings is 2. The van der Waals surface area contributed by atoms with Gasteiger partial charge >= 0.3 is 0 Å². The zero-order valence-corrected chi connectivity index (χ0v) is 17.0. The maximum absolute atomic E-state index is 13.3. The highest BCUT2D eigenvalue weighted by Gasteiger charge is 2.47. The van der Waals surface area contributed by atoms with Gasteiger partial charge in [-0.15, -0.1) is 0 Å². The molecule has 0 unspecified atom stereocenters. The van der Waals surface area contributed by atoms with E-state index < -0.39 is 15.4 Å². The molecule has 0 aromatic heterocycles. The third-order valence-corrected chi connectivity index (χ3v) is 6.33. The van der Waals surface area contributed by atoms with Crippen molar-refractivity contribution in [1.82, 2.24) is 0 Å². The Kier molecular flexibility index (Phi) is 5.19. The number of rotatable bonds is 5. The quantitative estimate of drug-likeness (QED) is 0.720. The highest BCUT2D eigenvalue weighted by atomic mass is 35.5. The molecule has 0 saturated carbocycles. The summed E-state index contributed by atoms with van der Waals surface area (Å²) in [6.07, 6.45) is 2.24. The Morgan fingerprint density at radius 2 is 1.63 bits per heavy atom. The molecule has 0 radical (unpaired) electrons. The van der Waals surface area contributed by atoms with Crippen molar-refractivity contribution < 1.29 is 17.9 Å². The average molecular weight is 405 g/mol. The number of carbonyl (C=O) groups excluding carboxylic acids is 1. The number of carbonyl (C=O) groups is 1. The van der Waals surface area contributed by atoms with Crippen LogP contribution in [0.2, 0.25) is 5.02 Å². The summed E-state index contributed by atoms with van der Waals surface area (Å²) < 4.78 is 29.7. The lowest BCUT2D eigenvalue weighted by Gasteiger charge is -2.25. The lowest BCUT2D eigenvalue weighted by atomic mass is 9.87. The van der Waals surface area contributed by atoms with E-state index in [0.29, 0.717) is 40.3 Å². The molecule has 3 rings (SSSR count). The molecule has 1 aliphatic rings. The number of sulfone groups is 1. The van der Waals surface area contributed by atoms with Crippen LogP contribution in [0.3, 0.4) is 0 Å². The van der Waals surface area contributed by atoms with Crippen molar-refractivity contribution in [1.29, 1.82) is 0 Å². The van der Waals surface area contributed by atoms with Gasteiger partial charge in [0.2, 0.25) is 5.78 Å². The maximum atomic E-state index is 13.3. The smallest absolute Gasteiger partial charge is 0.210 e. The van der Waals surface area contributed by atoms with Crippen molar-refractivity contribution >= 4 is 38.6 Å². The average Bonchev–Trinajstić information content (AvgIpc) is 2.94. The molecule has 142 valence electrons. The molecule has 0 atom stereocenters. The van der Waals surface area contributed by atoms with E-state index in [-0.39, 0.29) is 10.7 Å². The highest BCUT2D eigenvalue weighted by Crippen LogP contribution is 2.45. The van der Waals surface area contributed by atoms with Gasteiger partial charge in [0.05, 0.1) is 10.5 Å². The predicted octanol–water partition coefficient (Wildman–Crippen LogP) is 4.77. The molecule has 27 heavy (non-hydrogen) atoms. The van der Waals surface area contributed by atoms with Gasteiger partial charge in [-0.1, -0.05) is 37.6 Å². The van der Waals surface area contributed by atoms with E-state index >= 15 is 0 Å². The number of ketones is 1. The summed E-state index contributed by atoms with van der Waals surface area (Å²) in [7, 11) is -3.30. The van der Waals surface area contributed by atoms with Gasteiger partial charge < -0.3 is 4.74 Å². The molecular weight excluding hydrogens is 384 g/mol. The zero-order chi connectivity index (χ0) is 19.8. The molecule has 0 spiro atoms. The summed E-state index contributed by atoms with van der Waals surface area (Å²) in [6.45, 7) is 3.85. The van der Waals surface area contributed by atoms with Crippen LogP contribution in [0.15, 0.2) is 53.4 Å². The Hall–Kier alpha value is -2.11. The van der Waals surface area contributed by atoms with E-state index in [9.17, 15) is 13.2 Å². The van der Waals surface area contributed by atoms with Crippen LogP contribution in [0.4, 0.5) is 0 Å². The number of ether oxygens (including phenoxy) is 1. The van der Waals surface area contributed by atoms with Crippen molar-refractivity contribution in [2.75, 3.05) is 6.26 Å². The standard InChI is InChI=1S/C21H21ClO4S/c1-4-21(5-2)20(23)18(15-7-6-8-16(22)13-15)19(26-21)14-9-11-17(12-10-14)27(3,24)25/h6-13H,4-5H2,1-3H3. The summed E-state index contributed by atoms with van der Waals surface area (Å²) in [5, 5.41) is 0.532. The molecule has 6 heteroatoms. The van der Waals surface area contributed by atoms with Crippen LogP contribution < -0.4 is 0 Å². The Balaban J connectivity index is 2.19. The number of hydrogen-bond acceptors (Lipinski definition) is 4. The summed E-state index contributed by atoms with van der Waals surface area (Å²) in [4.78, 5) is 13.5. The lowest BCUT2D eigenvalue weighted by Crippen LogP contribution is -2.35. The molecule has 0 fully saturated rings. The van der Waals surface area contributed by atoms with Crippen LogP contribution >= 0.6 is 11.6 Å². The minimum atomic E-state index is -3.30. The second-order valence-electron chi connectivity index (χ2n) is 6.64. The van der Waals surface area contributed by atoms with Gasteiger partial charge in [0.25, 0.3) is 0 Å². The van der Waals surface area contributed by atoms with E-state index in [1.807, 2.05) is 19.9 Å². The molecule has 4 nitrogen and oxygen atoms in total. The predicted molar refractivity (Wildman–Crippen MR) is 107 cm³/mol. The van der Waals surface area contributed by atoms with Crippen LogP contribution in [0.25, 0.3) is 11.3 Å². The van der Waals surface area contributed by atoms with Crippen LogP contribution in [-0.2, 0) is 19.4 Å². The highest BCUT2D eigenvalue weighted by molar-refractivity contribution is 7.90. The molecule has 2 aromatic rings. The molecule has 0 amide bonds. The fraction of sp³-hybridized carbons (Fsp3) is 0.286. The number of Topliss-reactive ketones (excluding diaryl/α,β-unsaturated/α-hetero) is 1.